The van der Waals surface area contributed by atoms with Crippen LogP contribution in [0.4, 0.5) is 0 Å². The number of aryl methyl sites for hydroxylation is 1. The first-order valence-corrected chi connectivity index (χ1v) is 6.16. The van der Waals surface area contributed by atoms with E-state index in [0.29, 0.717) is 22.3 Å². The van der Waals surface area contributed by atoms with Crippen LogP contribution in [0.5, 0.6) is 5.75 Å². The molecule has 6 heteroatoms. The van der Waals surface area contributed by atoms with Crippen LogP contribution < -0.4 is 10.5 Å². The average Bonchev–Trinajstić information content (AvgIpc) is 2.77. The fourth-order valence-electron chi connectivity index (χ4n) is 1.57. The molecule has 0 bridgehead atoms. The Labute approximate surface area is 115 Å². The van der Waals surface area contributed by atoms with Gasteiger partial charge in [-0.1, -0.05) is 23.2 Å². The number of benzene rings is 1. The quantitative estimate of drug-likeness (QED) is 0.940. The summed E-state index contributed by atoms with van der Waals surface area (Å²) in [6, 6.07) is 5.12. The zero-order chi connectivity index (χ0) is 13.1. The molecule has 2 rings (SSSR count). The van der Waals surface area contributed by atoms with Gasteiger partial charge in [0.25, 0.3) is 0 Å². The second-order valence-corrected chi connectivity index (χ2v) is 4.68. The van der Waals surface area contributed by atoms with E-state index in [2.05, 4.69) is 5.10 Å². The van der Waals surface area contributed by atoms with Crippen molar-refractivity contribution in [3.05, 3.63) is 46.2 Å². The van der Waals surface area contributed by atoms with Crippen molar-refractivity contribution in [3.8, 4) is 5.75 Å². The lowest BCUT2D eigenvalue weighted by atomic mass is 10.2. The SMILES string of the molecule is Cn1cc(C(CN)Oc2ccc(Cl)c(Cl)c2)cn1. The minimum atomic E-state index is -0.254. The van der Waals surface area contributed by atoms with Crippen LogP contribution in [-0.4, -0.2) is 16.3 Å². The zero-order valence-electron chi connectivity index (χ0n) is 9.81. The van der Waals surface area contributed by atoms with Crippen LogP contribution in [0.2, 0.25) is 10.0 Å². The van der Waals surface area contributed by atoms with Crippen LogP contribution in [0, 0.1) is 0 Å². The van der Waals surface area contributed by atoms with Gasteiger partial charge in [0, 0.05) is 31.4 Å². The number of aromatic nitrogens is 2. The van der Waals surface area contributed by atoms with E-state index in [1.165, 1.54) is 0 Å². The highest BCUT2D eigenvalue weighted by atomic mass is 35.5. The van der Waals surface area contributed by atoms with Gasteiger partial charge in [0.05, 0.1) is 16.2 Å². The molecule has 0 aliphatic rings. The number of hydrogen-bond acceptors (Lipinski definition) is 3. The molecule has 0 aliphatic carbocycles. The molecule has 1 heterocycles. The van der Waals surface area contributed by atoms with Gasteiger partial charge >= 0.3 is 0 Å². The van der Waals surface area contributed by atoms with Gasteiger partial charge in [0.15, 0.2) is 0 Å². The van der Waals surface area contributed by atoms with E-state index in [0.717, 1.165) is 5.56 Å². The van der Waals surface area contributed by atoms with Crippen molar-refractivity contribution in [2.24, 2.45) is 12.8 Å². The summed E-state index contributed by atoms with van der Waals surface area (Å²) in [5.41, 5.74) is 6.63. The molecule has 2 N–H and O–H groups in total. The monoisotopic (exact) mass is 285 g/mol. The summed E-state index contributed by atoms with van der Waals surface area (Å²) in [5.74, 6) is 0.628. The molecule has 96 valence electrons. The van der Waals surface area contributed by atoms with Crippen molar-refractivity contribution in [2.75, 3.05) is 6.54 Å². The molecule has 0 aliphatic heterocycles. The Morgan fingerprint density at radius 3 is 2.72 bits per heavy atom. The Morgan fingerprint density at radius 1 is 1.39 bits per heavy atom. The Balaban J connectivity index is 2.17. The predicted molar refractivity (Wildman–Crippen MR) is 72.1 cm³/mol. The van der Waals surface area contributed by atoms with Crippen molar-refractivity contribution < 1.29 is 4.74 Å². The van der Waals surface area contributed by atoms with E-state index >= 15 is 0 Å². The highest BCUT2D eigenvalue weighted by Gasteiger charge is 2.14. The molecule has 1 atom stereocenters. The minimum Gasteiger partial charge on any atom is -0.484 e. The highest BCUT2D eigenvalue weighted by Crippen LogP contribution is 2.28. The summed E-state index contributed by atoms with van der Waals surface area (Å²) < 4.78 is 7.48. The summed E-state index contributed by atoms with van der Waals surface area (Å²) >= 11 is 11.8. The first kappa shape index (κ1) is 13.2. The fourth-order valence-corrected chi connectivity index (χ4v) is 1.86. The maximum absolute atomic E-state index is 5.93. The molecule has 0 saturated heterocycles. The molecule has 1 unspecified atom stereocenters. The summed E-state index contributed by atoms with van der Waals surface area (Å²) in [7, 11) is 1.84. The number of rotatable bonds is 4. The molecule has 0 amide bonds. The van der Waals surface area contributed by atoms with Crippen molar-refractivity contribution in [2.45, 2.75) is 6.10 Å². The molecule has 0 radical (unpaired) electrons. The summed E-state index contributed by atoms with van der Waals surface area (Å²) in [6.07, 6.45) is 3.35. The van der Waals surface area contributed by atoms with Crippen molar-refractivity contribution >= 4 is 23.2 Å². The Morgan fingerprint density at radius 2 is 2.17 bits per heavy atom. The maximum atomic E-state index is 5.93. The molecule has 0 fully saturated rings. The van der Waals surface area contributed by atoms with E-state index < -0.39 is 0 Å². The van der Waals surface area contributed by atoms with E-state index in [1.54, 1.807) is 29.1 Å². The molecule has 18 heavy (non-hydrogen) atoms. The van der Waals surface area contributed by atoms with Gasteiger partial charge in [-0.25, -0.2) is 0 Å². The van der Waals surface area contributed by atoms with Gasteiger partial charge in [-0.15, -0.1) is 0 Å². The normalized spacial score (nSPS) is 12.4. The third-order valence-corrected chi connectivity index (χ3v) is 3.22. The first-order valence-electron chi connectivity index (χ1n) is 5.40. The fraction of sp³-hybridized carbons (Fsp3) is 0.250. The van der Waals surface area contributed by atoms with Crippen molar-refractivity contribution in [3.63, 3.8) is 0 Å². The average molecular weight is 286 g/mol. The Bertz CT molecular complexity index is 542. The molecule has 0 saturated carbocycles. The highest BCUT2D eigenvalue weighted by molar-refractivity contribution is 6.42. The van der Waals surface area contributed by atoms with Crippen LogP contribution in [0.3, 0.4) is 0 Å². The third kappa shape index (κ3) is 2.96. The van der Waals surface area contributed by atoms with Gasteiger partial charge < -0.3 is 10.5 Å². The minimum absolute atomic E-state index is 0.254. The van der Waals surface area contributed by atoms with Crippen LogP contribution in [0.1, 0.15) is 11.7 Å². The van der Waals surface area contributed by atoms with E-state index in [1.807, 2.05) is 13.2 Å². The van der Waals surface area contributed by atoms with Crippen LogP contribution in [-0.2, 0) is 7.05 Å². The second kappa shape index (κ2) is 5.61. The Kier molecular flexibility index (Phi) is 4.11. The third-order valence-electron chi connectivity index (χ3n) is 2.48. The largest absolute Gasteiger partial charge is 0.484 e. The van der Waals surface area contributed by atoms with E-state index in [4.69, 9.17) is 33.7 Å². The number of ether oxygens (including phenoxy) is 1. The lowest BCUT2D eigenvalue weighted by Gasteiger charge is -2.16. The van der Waals surface area contributed by atoms with Crippen LogP contribution in [0.15, 0.2) is 30.6 Å². The number of halogens is 2. The molecule has 4 nitrogen and oxygen atoms in total. The molecular formula is C12H13Cl2N3O. The van der Waals surface area contributed by atoms with Gasteiger partial charge in [0.1, 0.15) is 11.9 Å². The molecule has 2 aromatic rings. The number of nitrogens with two attached hydrogens (primary N) is 1. The topological polar surface area (TPSA) is 53.1 Å². The van der Waals surface area contributed by atoms with Gasteiger partial charge in [-0.3, -0.25) is 4.68 Å². The van der Waals surface area contributed by atoms with Gasteiger partial charge in [-0.05, 0) is 12.1 Å². The molecule has 0 spiro atoms. The maximum Gasteiger partial charge on any atom is 0.139 e. The molecule has 1 aromatic heterocycles. The lowest BCUT2D eigenvalue weighted by Crippen LogP contribution is -2.18. The molecule has 1 aromatic carbocycles. The van der Waals surface area contributed by atoms with Crippen molar-refractivity contribution in [1.29, 1.82) is 0 Å². The molecular weight excluding hydrogens is 273 g/mol. The van der Waals surface area contributed by atoms with Crippen LogP contribution in [0.25, 0.3) is 0 Å². The smallest absolute Gasteiger partial charge is 0.139 e. The van der Waals surface area contributed by atoms with Gasteiger partial charge in [-0.2, -0.15) is 5.10 Å². The first-order chi connectivity index (χ1) is 8.60. The summed E-state index contributed by atoms with van der Waals surface area (Å²) in [5, 5.41) is 5.04. The van der Waals surface area contributed by atoms with Crippen molar-refractivity contribution in [1.82, 2.24) is 9.78 Å². The number of hydrogen-bond donors (Lipinski definition) is 1. The Hall–Kier alpha value is -1.23. The predicted octanol–water partition coefficient (Wildman–Crippen LogP) is 2.81. The second-order valence-electron chi connectivity index (χ2n) is 3.87. The van der Waals surface area contributed by atoms with Crippen LogP contribution >= 0.6 is 23.2 Å². The summed E-state index contributed by atoms with van der Waals surface area (Å²) in [4.78, 5) is 0. The number of nitrogens with zero attached hydrogens (tertiary/aromatic N) is 2. The zero-order valence-corrected chi connectivity index (χ0v) is 11.3. The lowest BCUT2D eigenvalue weighted by molar-refractivity contribution is 0.214. The van der Waals surface area contributed by atoms with E-state index in [-0.39, 0.29) is 6.10 Å². The standard InChI is InChI=1S/C12H13Cl2N3O/c1-17-7-8(6-16-17)12(5-15)18-9-2-3-10(13)11(14)4-9/h2-4,6-7,12H,5,15H2,1H3. The summed E-state index contributed by atoms with van der Waals surface area (Å²) in [6.45, 7) is 0.353. The van der Waals surface area contributed by atoms with Gasteiger partial charge in [0.2, 0.25) is 0 Å². The van der Waals surface area contributed by atoms with E-state index in [9.17, 15) is 0 Å².